The Kier molecular flexibility index (Phi) is 3.58. The summed E-state index contributed by atoms with van der Waals surface area (Å²) in [4.78, 5) is 1.08. The molecule has 2 rings (SSSR count). The molecular weight excluding hydrogens is 226 g/mol. The van der Waals surface area contributed by atoms with Crippen LogP contribution in [0.1, 0.15) is 18.0 Å². The largest absolute Gasteiger partial charge is 0.496 e. The Bertz CT molecular complexity index is 384. The maximum atomic E-state index is 8.90. The molecule has 1 aliphatic heterocycles. The highest BCUT2D eigenvalue weighted by Gasteiger charge is 2.20. The predicted octanol–water partition coefficient (Wildman–Crippen LogP) is 1.52. The van der Waals surface area contributed by atoms with Crippen LogP contribution in [0.25, 0.3) is 0 Å². The third-order valence-corrected chi connectivity index (χ3v) is 3.43. The number of methoxy groups -OCH3 is 1. The summed E-state index contributed by atoms with van der Waals surface area (Å²) in [5.41, 5.74) is 6.86. The van der Waals surface area contributed by atoms with Crippen molar-refractivity contribution in [1.82, 2.24) is 0 Å². The number of ether oxygens (including phenoxy) is 2. The lowest BCUT2D eigenvalue weighted by atomic mass is 10.0. The van der Waals surface area contributed by atoms with Gasteiger partial charge in [0.15, 0.2) is 0 Å². The fourth-order valence-corrected chi connectivity index (χ4v) is 2.46. The summed E-state index contributed by atoms with van der Waals surface area (Å²) < 4.78 is 10.8. The zero-order valence-electron chi connectivity index (χ0n) is 9.10. The predicted molar refractivity (Wildman–Crippen MR) is 63.0 cm³/mol. The number of aliphatic hydroxyl groups excluding tert-OH is 1. The van der Waals surface area contributed by atoms with Crippen LogP contribution in [0.3, 0.4) is 0 Å². The van der Waals surface area contributed by atoms with Gasteiger partial charge in [0.05, 0.1) is 12.0 Å². The second-order valence-corrected chi connectivity index (χ2v) is 4.53. The van der Waals surface area contributed by atoms with Crippen molar-refractivity contribution < 1.29 is 14.6 Å². The Morgan fingerprint density at radius 2 is 2.44 bits per heavy atom. The molecule has 16 heavy (non-hydrogen) atoms. The van der Waals surface area contributed by atoms with Gasteiger partial charge >= 0.3 is 0 Å². The van der Waals surface area contributed by atoms with Gasteiger partial charge in [0, 0.05) is 18.2 Å². The first-order valence-corrected chi connectivity index (χ1v) is 6.08. The highest BCUT2D eigenvalue weighted by molar-refractivity contribution is 7.99. The summed E-state index contributed by atoms with van der Waals surface area (Å²) in [5, 5.41) is 8.90. The number of benzene rings is 1. The summed E-state index contributed by atoms with van der Waals surface area (Å²) in [6.45, 7) is 0.0665. The van der Waals surface area contributed by atoms with E-state index in [9.17, 15) is 0 Å². The minimum Gasteiger partial charge on any atom is -0.496 e. The summed E-state index contributed by atoms with van der Waals surface area (Å²) in [6, 6.07) is 3.63. The van der Waals surface area contributed by atoms with Gasteiger partial charge in [-0.1, -0.05) is 11.8 Å². The molecule has 0 fully saturated rings. The van der Waals surface area contributed by atoms with Gasteiger partial charge in [0.1, 0.15) is 17.4 Å². The first-order chi connectivity index (χ1) is 7.76. The smallest absolute Gasteiger partial charge is 0.138 e. The number of fused-ring (bicyclic) bond motifs is 1. The van der Waals surface area contributed by atoms with Crippen LogP contribution in [0.2, 0.25) is 0 Å². The molecule has 1 heterocycles. The minimum absolute atomic E-state index is 0.0665. The van der Waals surface area contributed by atoms with E-state index >= 15 is 0 Å². The zero-order chi connectivity index (χ0) is 11.5. The van der Waals surface area contributed by atoms with Gasteiger partial charge in [0.25, 0.3) is 0 Å². The molecule has 88 valence electrons. The molecule has 0 saturated carbocycles. The van der Waals surface area contributed by atoms with Crippen molar-refractivity contribution >= 4 is 11.8 Å². The normalized spacial score (nSPS) is 15.4. The number of hydrogen-bond acceptors (Lipinski definition) is 5. The van der Waals surface area contributed by atoms with Gasteiger partial charge in [-0.05, 0) is 18.6 Å². The van der Waals surface area contributed by atoms with Crippen LogP contribution in [0.4, 0.5) is 0 Å². The second kappa shape index (κ2) is 4.95. The summed E-state index contributed by atoms with van der Waals surface area (Å²) in [5.74, 6) is 2.25. The van der Waals surface area contributed by atoms with Crippen LogP contribution in [0, 0.1) is 0 Å². The molecule has 1 atom stereocenters. The standard InChI is InChI=1S/C11H15NO3S/c1-14-9-5-11-10(15-6-16-11)4-7(9)8(12)2-3-13/h4-5,8,13H,2-3,6,12H2,1H3. The monoisotopic (exact) mass is 241 g/mol. The van der Waals surface area contributed by atoms with E-state index in [4.69, 9.17) is 20.3 Å². The average Bonchev–Trinajstić information content (AvgIpc) is 2.74. The Balaban J connectivity index is 2.35. The lowest BCUT2D eigenvalue weighted by Crippen LogP contribution is -2.13. The van der Waals surface area contributed by atoms with E-state index in [0.717, 1.165) is 22.0 Å². The molecular formula is C11H15NO3S. The van der Waals surface area contributed by atoms with Crippen molar-refractivity contribution in [1.29, 1.82) is 0 Å². The molecule has 1 aromatic rings. The van der Waals surface area contributed by atoms with E-state index in [1.165, 1.54) is 0 Å². The molecule has 0 aliphatic carbocycles. The third-order valence-electron chi connectivity index (χ3n) is 2.56. The number of hydrogen-bond donors (Lipinski definition) is 2. The molecule has 0 amide bonds. The fraction of sp³-hybridized carbons (Fsp3) is 0.455. The first-order valence-electron chi connectivity index (χ1n) is 5.10. The lowest BCUT2D eigenvalue weighted by molar-refractivity contribution is 0.275. The highest BCUT2D eigenvalue weighted by atomic mass is 32.2. The molecule has 1 unspecified atom stereocenters. The topological polar surface area (TPSA) is 64.7 Å². The molecule has 1 aromatic carbocycles. The summed E-state index contributed by atoms with van der Waals surface area (Å²) >= 11 is 1.64. The van der Waals surface area contributed by atoms with Crippen LogP contribution in [-0.2, 0) is 0 Å². The number of nitrogens with two attached hydrogens (primary N) is 1. The van der Waals surface area contributed by atoms with Crippen LogP contribution in [-0.4, -0.2) is 24.8 Å². The second-order valence-electron chi connectivity index (χ2n) is 3.57. The minimum atomic E-state index is -0.223. The maximum absolute atomic E-state index is 8.90. The van der Waals surface area contributed by atoms with Gasteiger partial charge < -0.3 is 20.3 Å². The molecule has 3 N–H and O–H groups in total. The molecule has 0 radical (unpaired) electrons. The van der Waals surface area contributed by atoms with Crippen molar-refractivity contribution in [3.05, 3.63) is 17.7 Å². The van der Waals surface area contributed by atoms with Crippen LogP contribution < -0.4 is 15.2 Å². The van der Waals surface area contributed by atoms with Gasteiger partial charge in [-0.2, -0.15) is 0 Å². The van der Waals surface area contributed by atoms with Crippen molar-refractivity contribution in [3.8, 4) is 11.5 Å². The van der Waals surface area contributed by atoms with Gasteiger partial charge in [-0.15, -0.1) is 0 Å². The third kappa shape index (κ3) is 2.11. The summed E-state index contributed by atoms with van der Waals surface area (Å²) in [6.07, 6.45) is 0.516. The molecule has 0 bridgehead atoms. The number of rotatable bonds is 4. The van der Waals surface area contributed by atoms with Crippen LogP contribution in [0.15, 0.2) is 17.0 Å². The molecule has 0 aromatic heterocycles. The van der Waals surface area contributed by atoms with Crippen LogP contribution in [0.5, 0.6) is 11.5 Å². The van der Waals surface area contributed by atoms with E-state index in [0.29, 0.717) is 12.4 Å². The van der Waals surface area contributed by atoms with Crippen molar-refractivity contribution in [2.45, 2.75) is 17.4 Å². The van der Waals surface area contributed by atoms with Gasteiger partial charge in [-0.3, -0.25) is 0 Å². The molecule has 0 saturated heterocycles. The van der Waals surface area contributed by atoms with E-state index < -0.39 is 0 Å². The molecule has 0 spiro atoms. The number of aliphatic hydroxyl groups is 1. The Labute approximate surface area is 98.7 Å². The van der Waals surface area contributed by atoms with Gasteiger partial charge in [0.2, 0.25) is 0 Å². The van der Waals surface area contributed by atoms with E-state index in [1.54, 1.807) is 18.9 Å². The van der Waals surface area contributed by atoms with Crippen molar-refractivity contribution in [2.24, 2.45) is 5.73 Å². The van der Waals surface area contributed by atoms with Gasteiger partial charge in [-0.25, -0.2) is 0 Å². The Morgan fingerprint density at radius 3 is 3.12 bits per heavy atom. The zero-order valence-corrected chi connectivity index (χ0v) is 9.92. The highest BCUT2D eigenvalue weighted by Crippen LogP contribution is 2.42. The van der Waals surface area contributed by atoms with Crippen LogP contribution >= 0.6 is 11.8 Å². The maximum Gasteiger partial charge on any atom is 0.138 e. The average molecular weight is 241 g/mol. The Hall–Kier alpha value is -0.910. The number of thioether (sulfide) groups is 1. The van der Waals surface area contributed by atoms with Crippen molar-refractivity contribution in [2.75, 3.05) is 19.7 Å². The first kappa shape index (κ1) is 11.6. The molecule has 4 nitrogen and oxygen atoms in total. The molecule has 1 aliphatic rings. The summed E-state index contributed by atoms with van der Waals surface area (Å²) in [7, 11) is 1.62. The van der Waals surface area contributed by atoms with Crippen molar-refractivity contribution in [3.63, 3.8) is 0 Å². The van der Waals surface area contributed by atoms with E-state index in [2.05, 4.69) is 0 Å². The van der Waals surface area contributed by atoms with E-state index in [-0.39, 0.29) is 12.6 Å². The quantitative estimate of drug-likeness (QED) is 0.836. The molecule has 5 heteroatoms. The SMILES string of the molecule is COc1cc2c(cc1C(N)CCO)OCS2. The van der Waals surface area contributed by atoms with E-state index in [1.807, 2.05) is 12.1 Å². The fourth-order valence-electron chi connectivity index (χ4n) is 1.70. The Morgan fingerprint density at radius 1 is 1.62 bits per heavy atom. The lowest BCUT2D eigenvalue weighted by Gasteiger charge is -2.15.